The van der Waals surface area contributed by atoms with E-state index in [1.165, 1.54) is 18.0 Å². The molecule has 0 radical (unpaired) electrons. The van der Waals surface area contributed by atoms with Crippen molar-refractivity contribution in [1.82, 2.24) is 14.5 Å². The highest BCUT2D eigenvalue weighted by atomic mass is 35.5. The molecule has 0 amide bonds. The Labute approximate surface area is 109 Å². The molecule has 2 rings (SSSR count). The second-order valence-corrected chi connectivity index (χ2v) is 4.13. The molecule has 0 saturated heterocycles. The van der Waals surface area contributed by atoms with Gasteiger partial charge < -0.3 is 4.74 Å². The van der Waals surface area contributed by atoms with Gasteiger partial charge in [0, 0.05) is 6.20 Å². The summed E-state index contributed by atoms with van der Waals surface area (Å²) in [6.07, 6.45) is 3.08. The van der Waals surface area contributed by atoms with Crippen LogP contribution in [0.2, 0.25) is 5.15 Å². The summed E-state index contributed by atoms with van der Waals surface area (Å²) in [5.41, 5.74) is 1.51. The fourth-order valence-electron chi connectivity index (χ4n) is 1.58. The summed E-state index contributed by atoms with van der Waals surface area (Å²) in [5.74, 6) is 0.0488. The van der Waals surface area contributed by atoms with Gasteiger partial charge in [0.15, 0.2) is 5.15 Å². The van der Waals surface area contributed by atoms with Gasteiger partial charge in [0.25, 0.3) is 5.56 Å². The maximum Gasteiger partial charge on any atom is 0.297 e. The predicted molar refractivity (Wildman–Crippen MR) is 68.1 cm³/mol. The molecule has 2 aromatic rings. The Kier molecular flexibility index (Phi) is 3.62. The summed E-state index contributed by atoms with van der Waals surface area (Å²) in [6, 6.07) is 3.79. The van der Waals surface area contributed by atoms with E-state index in [1.54, 1.807) is 6.20 Å². The van der Waals surface area contributed by atoms with E-state index < -0.39 is 0 Å². The Morgan fingerprint density at radius 2 is 2.22 bits per heavy atom. The van der Waals surface area contributed by atoms with Crippen molar-refractivity contribution in [3.8, 4) is 5.75 Å². The standard InChI is InChI=1S/C12H12ClN3O2/c1-8-4-3-5-14-9(8)6-16-7-15-11(13)10(18-2)12(16)17/h3-5,7H,6H2,1-2H3. The molecule has 0 aliphatic heterocycles. The topological polar surface area (TPSA) is 57.0 Å². The van der Waals surface area contributed by atoms with Gasteiger partial charge in [-0.2, -0.15) is 0 Å². The highest BCUT2D eigenvalue weighted by Crippen LogP contribution is 2.15. The van der Waals surface area contributed by atoms with Gasteiger partial charge in [-0.3, -0.25) is 14.3 Å². The van der Waals surface area contributed by atoms with Crippen molar-refractivity contribution in [3.05, 3.63) is 51.4 Å². The van der Waals surface area contributed by atoms with Crippen LogP contribution in [0.1, 0.15) is 11.3 Å². The Morgan fingerprint density at radius 1 is 1.44 bits per heavy atom. The molecule has 0 aliphatic carbocycles. The van der Waals surface area contributed by atoms with Crippen molar-refractivity contribution in [2.75, 3.05) is 7.11 Å². The van der Waals surface area contributed by atoms with Gasteiger partial charge >= 0.3 is 0 Å². The molecule has 0 saturated carbocycles. The molecular formula is C12H12ClN3O2. The van der Waals surface area contributed by atoms with Crippen molar-refractivity contribution in [3.63, 3.8) is 0 Å². The zero-order valence-corrected chi connectivity index (χ0v) is 10.8. The minimum atomic E-state index is -0.317. The fourth-order valence-corrected chi connectivity index (χ4v) is 1.78. The summed E-state index contributed by atoms with van der Waals surface area (Å²) in [7, 11) is 1.39. The predicted octanol–water partition coefficient (Wildman–Crippen LogP) is 1.66. The molecule has 0 unspecified atom stereocenters. The molecule has 6 heteroatoms. The number of pyridine rings is 1. The van der Waals surface area contributed by atoms with Crippen LogP contribution in [0.5, 0.6) is 5.75 Å². The zero-order valence-electron chi connectivity index (χ0n) is 10.1. The molecule has 0 aliphatic rings. The van der Waals surface area contributed by atoms with Crippen LogP contribution in [0, 0.1) is 6.92 Å². The monoisotopic (exact) mass is 265 g/mol. The van der Waals surface area contributed by atoms with Crippen molar-refractivity contribution >= 4 is 11.6 Å². The van der Waals surface area contributed by atoms with Crippen LogP contribution in [-0.2, 0) is 6.54 Å². The molecule has 0 spiro atoms. The minimum Gasteiger partial charge on any atom is -0.489 e. The minimum absolute atomic E-state index is 0.0488. The number of aryl methyl sites for hydroxylation is 1. The molecule has 2 heterocycles. The Hall–Kier alpha value is -1.88. The van der Waals surface area contributed by atoms with Crippen LogP contribution in [0.4, 0.5) is 0 Å². The molecule has 0 N–H and O–H groups in total. The van der Waals surface area contributed by atoms with Crippen LogP contribution in [0.3, 0.4) is 0 Å². The van der Waals surface area contributed by atoms with Gasteiger partial charge in [-0.05, 0) is 18.6 Å². The largest absolute Gasteiger partial charge is 0.489 e. The third kappa shape index (κ3) is 2.36. The second-order valence-electron chi connectivity index (χ2n) is 3.77. The van der Waals surface area contributed by atoms with E-state index in [0.717, 1.165) is 11.3 Å². The lowest BCUT2D eigenvalue weighted by molar-refractivity contribution is 0.400. The molecule has 94 valence electrons. The van der Waals surface area contributed by atoms with E-state index in [0.29, 0.717) is 6.54 Å². The van der Waals surface area contributed by atoms with E-state index in [2.05, 4.69) is 9.97 Å². The lowest BCUT2D eigenvalue weighted by Gasteiger charge is -2.09. The maximum atomic E-state index is 12.0. The fraction of sp³-hybridized carbons (Fsp3) is 0.250. The molecule has 18 heavy (non-hydrogen) atoms. The number of rotatable bonds is 3. The first-order valence-electron chi connectivity index (χ1n) is 5.33. The third-order valence-electron chi connectivity index (χ3n) is 2.60. The molecule has 5 nitrogen and oxygen atoms in total. The number of halogens is 1. The van der Waals surface area contributed by atoms with E-state index >= 15 is 0 Å². The quantitative estimate of drug-likeness (QED) is 0.792. The number of hydrogen-bond acceptors (Lipinski definition) is 4. The lowest BCUT2D eigenvalue weighted by atomic mass is 10.2. The molecule has 0 aromatic carbocycles. The Balaban J connectivity index is 2.42. The molecule has 0 bridgehead atoms. The summed E-state index contributed by atoms with van der Waals surface area (Å²) in [5, 5.41) is 0.0662. The highest BCUT2D eigenvalue weighted by molar-refractivity contribution is 6.30. The second kappa shape index (κ2) is 5.18. The van der Waals surface area contributed by atoms with E-state index in [1.807, 2.05) is 19.1 Å². The molecule has 0 atom stereocenters. The number of nitrogens with zero attached hydrogens (tertiary/aromatic N) is 3. The van der Waals surface area contributed by atoms with Gasteiger partial charge in [0.05, 0.1) is 25.7 Å². The van der Waals surface area contributed by atoms with Gasteiger partial charge in [0.1, 0.15) is 0 Å². The smallest absolute Gasteiger partial charge is 0.297 e. The zero-order chi connectivity index (χ0) is 13.1. The van der Waals surface area contributed by atoms with E-state index in [9.17, 15) is 4.79 Å². The van der Waals surface area contributed by atoms with Gasteiger partial charge in [-0.1, -0.05) is 17.7 Å². The summed E-state index contributed by atoms with van der Waals surface area (Å²) >= 11 is 5.77. The highest BCUT2D eigenvalue weighted by Gasteiger charge is 2.11. The van der Waals surface area contributed by atoms with Crippen molar-refractivity contribution in [2.24, 2.45) is 0 Å². The van der Waals surface area contributed by atoms with Crippen LogP contribution < -0.4 is 10.3 Å². The van der Waals surface area contributed by atoms with Crippen LogP contribution in [-0.4, -0.2) is 21.6 Å². The molecule has 2 aromatic heterocycles. The number of ether oxygens (including phenoxy) is 1. The van der Waals surface area contributed by atoms with Crippen molar-refractivity contribution in [2.45, 2.75) is 13.5 Å². The third-order valence-corrected chi connectivity index (χ3v) is 2.86. The summed E-state index contributed by atoms with van der Waals surface area (Å²) in [4.78, 5) is 20.2. The van der Waals surface area contributed by atoms with Gasteiger partial charge in [0.2, 0.25) is 5.75 Å². The lowest BCUT2D eigenvalue weighted by Crippen LogP contribution is -2.23. The first kappa shape index (κ1) is 12.6. The van der Waals surface area contributed by atoms with Crippen molar-refractivity contribution < 1.29 is 4.74 Å². The summed E-state index contributed by atoms with van der Waals surface area (Å²) < 4.78 is 6.35. The average molecular weight is 266 g/mol. The van der Waals surface area contributed by atoms with Gasteiger partial charge in [-0.15, -0.1) is 0 Å². The van der Waals surface area contributed by atoms with E-state index in [-0.39, 0.29) is 16.5 Å². The maximum absolute atomic E-state index is 12.0. The normalized spacial score (nSPS) is 10.4. The summed E-state index contributed by atoms with van der Waals surface area (Å²) in [6.45, 7) is 2.28. The van der Waals surface area contributed by atoms with Crippen LogP contribution >= 0.6 is 11.6 Å². The van der Waals surface area contributed by atoms with Crippen LogP contribution in [0.15, 0.2) is 29.5 Å². The molecular weight excluding hydrogens is 254 g/mol. The van der Waals surface area contributed by atoms with Gasteiger partial charge in [-0.25, -0.2) is 4.98 Å². The number of aromatic nitrogens is 3. The Bertz CT molecular complexity index is 625. The Morgan fingerprint density at radius 3 is 2.89 bits per heavy atom. The first-order valence-corrected chi connectivity index (χ1v) is 5.70. The molecule has 0 fully saturated rings. The number of methoxy groups -OCH3 is 1. The van der Waals surface area contributed by atoms with Crippen molar-refractivity contribution in [1.29, 1.82) is 0 Å². The average Bonchev–Trinajstić information content (AvgIpc) is 2.36. The first-order chi connectivity index (χ1) is 8.63. The SMILES string of the molecule is COc1c(Cl)ncn(Cc2ncccc2C)c1=O. The van der Waals surface area contributed by atoms with E-state index in [4.69, 9.17) is 16.3 Å². The van der Waals surface area contributed by atoms with Crippen LogP contribution in [0.25, 0.3) is 0 Å². The number of hydrogen-bond donors (Lipinski definition) is 0.